The molecular formula is C16H12O3. The number of ether oxygens (including phenoxy) is 2. The van der Waals surface area contributed by atoms with E-state index >= 15 is 0 Å². The average Bonchev–Trinajstić information content (AvgIpc) is 2.90. The van der Waals surface area contributed by atoms with Crippen molar-refractivity contribution in [1.29, 1.82) is 0 Å². The first-order valence-corrected chi connectivity index (χ1v) is 6.27. The quantitative estimate of drug-likeness (QED) is 0.657. The Morgan fingerprint density at radius 2 is 1.68 bits per heavy atom. The van der Waals surface area contributed by atoms with Gasteiger partial charge in [0, 0.05) is 5.39 Å². The molecule has 0 saturated carbocycles. The van der Waals surface area contributed by atoms with Gasteiger partial charge in [-0.3, -0.25) is 0 Å². The molecule has 94 valence electrons. The molecule has 1 unspecified atom stereocenters. The van der Waals surface area contributed by atoms with Crippen molar-refractivity contribution < 1.29 is 13.9 Å². The number of furan rings is 1. The van der Waals surface area contributed by atoms with Gasteiger partial charge in [0.15, 0.2) is 17.6 Å². The van der Waals surface area contributed by atoms with E-state index < -0.39 is 0 Å². The van der Waals surface area contributed by atoms with Crippen LogP contribution in [0.3, 0.4) is 0 Å². The molecule has 0 fully saturated rings. The van der Waals surface area contributed by atoms with Gasteiger partial charge in [-0.05, 0) is 24.3 Å². The zero-order chi connectivity index (χ0) is 12.7. The molecule has 0 saturated heterocycles. The summed E-state index contributed by atoms with van der Waals surface area (Å²) in [6.45, 7) is 0.469. The predicted molar refractivity (Wildman–Crippen MR) is 71.5 cm³/mol. The van der Waals surface area contributed by atoms with Crippen molar-refractivity contribution in [3.8, 4) is 11.5 Å². The van der Waals surface area contributed by atoms with Crippen molar-refractivity contribution in [3.63, 3.8) is 0 Å². The summed E-state index contributed by atoms with van der Waals surface area (Å²) >= 11 is 0. The molecular weight excluding hydrogens is 240 g/mol. The van der Waals surface area contributed by atoms with Crippen molar-refractivity contribution in [2.24, 2.45) is 0 Å². The van der Waals surface area contributed by atoms with Crippen LogP contribution in [0.25, 0.3) is 11.0 Å². The first kappa shape index (κ1) is 10.5. The number of hydrogen-bond acceptors (Lipinski definition) is 3. The number of fused-ring (bicyclic) bond motifs is 2. The van der Waals surface area contributed by atoms with Gasteiger partial charge in [0.25, 0.3) is 0 Å². The van der Waals surface area contributed by atoms with Crippen LogP contribution in [0.1, 0.15) is 11.9 Å². The van der Waals surface area contributed by atoms with Gasteiger partial charge in [0.1, 0.15) is 18.0 Å². The zero-order valence-electron chi connectivity index (χ0n) is 10.2. The van der Waals surface area contributed by atoms with Crippen LogP contribution in [0.4, 0.5) is 0 Å². The summed E-state index contributed by atoms with van der Waals surface area (Å²) < 4.78 is 17.4. The number of hydrogen-bond donors (Lipinski definition) is 0. The minimum absolute atomic E-state index is 0.192. The van der Waals surface area contributed by atoms with Gasteiger partial charge < -0.3 is 13.9 Å². The first-order chi connectivity index (χ1) is 9.40. The summed E-state index contributed by atoms with van der Waals surface area (Å²) in [5.41, 5.74) is 0.875. The lowest BCUT2D eigenvalue weighted by Crippen LogP contribution is -2.20. The second-order valence-corrected chi connectivity index (χ2v) is 4.55. The SMILES string of the molecule is c1ccc2c(c1)OCC(c1cc3ccccc3o1)O2. The minimum atomic E-state index is -0.192. The molecule has 3 nitrogen and oxygen atoms in total. The highest BCUT2D eigenvalue weighted by molar-refractivity contribution is 5.77. The van der Waals surface area contributed by atoms with Crippen LogP contribution in [-0.4, -0.2) is 6.61 Å². The maximum atomic E-state index is 5.93. The Hall–Kier alpha value is -2.42. The lowest BCUT2D eigenvalue weighted by molar-refractivity contribution is 0.0765. The van der Waals surface area contributed by atoms with E-state index in [4.69, 9.17) is 13.9 Å². The van der Waals surface area contributed by atoms with Crippen molar-refractivity contribution in [2.75, 3.05) is 6.61 Å². The average molecular weight is 252 g/mol. The number of benzene rings is 2. The van der Waals surface area contributed by atoms with Gasteiger partial charge in [0.05, 0.1) is 0 Å². The summed E-state index contributed by atoms with van der Waals surface area (Å²) in [6.07, 6.45) is -0.192. The molecule has 1 aliphatic heterocycles. The fraction of sp³-hybridized carbons (Fsp3) is 0.125. The predicted octanol–water partition coefficient (Wildman–Crippen LogP) is 3.95. The molecule has 0 amide bonds. The highest BCUT2D eigenvalue weighted by atomic mass is 16.6. The van der Waals surface area contributed by atoms with Crippen LogP contribution in [0.15, 0.2) is 59.0 Å². The van der Waals surface area contributed by atoms with Gasteiger partial charge in [-0.15, -0.1) is 0 Å². The molecule has 1 atom stereocenters. The Labute approximate surface area is 110 Å². The topological polar surface area (TPSA) is 31.6 Å². The maximum Gasteiger partial charge on any atom is 0.190 e. The molecule has 2 aromatic carbocycles. The van der Waals surface area contributed by atoms with Crippen LogP contribution in [0.5, 0.6) is 11.5 Å². The molecule has 0 bridgehead atoms. The van der Waals surface area contributed by atoms with Crippen LogP contribution in [-0.2, 0) is 0 Å². The maximum absolute atomic E-state index is 5.93. The van der Waals surface area contributed by atoms with Gasteiger partial charge in [-0.1, -0.05) is 30.3 Å². The van der Waals surface area contributed by atoms with Crippen molar-refractivity contribution in [1.82, 2.24) is 0 Å². The molecule has 0 radical (unpaired) electrons. The summed E-state index contributed by atoms with van der Waals surface area (Å²) in [5.74, 6) is 2.35. The Balaban J connectivity index is 1.70. The van der Waals surface area contributed by atoms with E-state index in [-0.39, 0.29) is 6.10 Å². The van der Waals surface area contributed by atoms with E-state index in [1.807, 2.05) is 54.6 Å². The normalized spacial score (nSPS) is 17.6. The molecule has 2 heterocycles. The molecule has 19 heavy (non-hydrogen) atoms. The lowest BCUT2D eigenvalue weighted by atomic mass is 10.2. The van der Waals surface area contributed by atoms with Crippen LogP contribution in [0.2, 0.25) is 0 Å². The zero-order valence-corrected chi connectivity index (χ0v) is 10.2. The smallest absolute Gasteiger partial charge is 0.190 e. The Morgan fingerprint density at radius 1 is 0.895 bits per heavy atom. The summed E-state index contributed by atoms with van der Waals surface area (Å²) in [7, 11) is 0. The summed E-state index contributed by atoms with van der Waals surface area (Å²) in [5, 5.41) is 1.08. The highest BCUT2D eigenvalue weighted by Gasteiger charge is 2.25. The fourth-order valence-electron chi connectivity index (χ4n) is 2.32. The van der Waals surface area contributed by atoms with E-state index in [9.17, 15) is 0 Å². The van der Waals surface area contributed by atoms with Crippen molar-refractivity contribution in [2.45, 2.75) is 6.10 Å². The molecule has 0 N–H and O–H groups in total. The third kappa shape index (κ3) is 1.74. The highest BCUT2D eigenvalue weighted by Crippen LogP contribution is 2.37. The van der Waals surface area contributed by atoms with Gasteiger partial charge in [0.2, 0.25) is 0 Å². The van der Waals surface area contributed by atoms with Gasteiger partial charge in [-0.25, -0.2) is 0 Å². The van der Waals surface area contributed by atoms with Crippen LogP contribution in [0, 0.1) is 0 Å². The molecule has 1 aromatic heterocycles. The second-order valence-electron chi connectivity index (χ2n) is 4.55. The molecule has 3 aromatic rings. The van der Waals surface area contributed by atoms with Gasteiger partial charge in [-0.2, -0.15) is 0 Å². The molecule has 0 aliphatic carbocycles. The second kappa shape index (κ2) is 4.05. The largest absolute Gasteiger partial charge is 0.485 e. The summed E-state index contributed by atoms with van der Waals surface area (Å²) in [4.78, 5) is 0. The van der Waals surface area contributed by atoms with E-state index in [1.54, 1.807) is 0 Å². The molecule has 0 spiro atoms. The lowest BCUT2D eigenvalue weighted by Gasteiger charge is -2.24. The Kier molecular flexibility index (Phi) is 2.24. The van der Waals surface area contributed by atoms with E-state index in [2.05, 4.69) is 0 Å². The van der Waals surface area contributed by atoms with Crippen LogP contribution < -0.4 is 9.47 Å². The minimum Gasteiger partial charge on any atom is -0.485 e. The van der Waals surface area contributed by atoms with E-state index in [0.29, 0.717) is 6.61 Å². The van der Waals surface area contributed by atoms with Crippen molar-refractivity contribution in [3.05, 3.63) is 60.4 Å². The molecule has 1 aliphatic rings. The Morgan fingerprint density at radius 3 is 2.58 bits per heavy atom. The van der Waals surface area contributed by atoms with Crippen molar-refractivity contribution >= 4 is 11.0 Å². The van der Waals surface area contributed by atoms with Crippen LogP contribution >= 0.6 is 0 Å². The standard InChI is InChI=1S/C16H12O3/c1-2-6-12-11(5-1)9-15(18-12)16-10-17-13-7-3-4-8-14(13)19-16/h1-9,16H,10H2. The molecule has 3 heteroatoms. The number of para-hydroxylation sites is 3. The molecule has 4 rings (SSSR count). The Bertz CT molecular complexity index is 696. The summed E-state index contributed by atoms with van der Waals surface area (Å²) in [6, 6.07) is 17.6. The monoisotopic (exact) mass is 252 g/mol. The fourth-order valence-corrected chi connectivity index (χ4v) is 2.32. The van der Waals surface area contributed by atoms with E-state index in [0.717, 1.165) is 28.2 Å². The third-order valence-corrected chi connectivity index (χ3v) is 3.27. The van der Waals surface area contributed by atoms with E-state index in [1.165, 1.54) is 0 Å². The third-order valence-electron chi connectivity index (χ3n) is 3.27. The first-order valence-electron chi connectivity index (χ1n) is 6.27. The number of rotatable bonds is 1. The van der Waals surface area contributed by atoms with Gasteiger partial charge >= 0.3 is 0 Å².